The second kappa shape index (κ2) is 5.41. The van der Waals surface area contributed by atoms with E-state index in [9.17, 15) is 0 Å². The molecule has 0 amide bonds. The second-order valence-electron chi connectivity index (χ2n) is 3.02. The maximum Gasteiger partial charge on any atom is 0.0660 e. The highest BCUT2D eigenvalue weighted by atomic mass is 79.9. The van der Waals surface area contributed by atoms with Gasteiger partial charge in [0.2, 0.25) is 0 Å². The summed E-state index contributed by atoms with van der Waals surface area (Å²) in [5, 5.41) is 3.91. The summed E-state index contributed by atoms with van der Waals surface area (Å²) in [6, 6.07) is 5.94. The summed E-state index contributed by atoms with van der Waals surface area (Å²) in [6.07, 6.45) is 5.24. The molecule has 0 aromatic heterocycles. The molecular formula is C11H11BrClN. The van der Waals surface area contributed by atoms with E-state index in [-0.39, 0.29) is 6.04 Å². The monoisotopic (exact) mass is 271 g/mol. The van der Waals surface area contributed by atoms with Gasteiger partial charge in [-0.05, 0) is 40.5 Å². The Morgan fingerprint density at radius 1 is 1.64 bits per heavy atom. The van der Waals surface area contributed by atoms with Crippen LogP contribution in [0.3, 0.4) is 0 Å². The summed E-state index contributed by atoms with van der Waals surface area (Å²) in [4.78, 5) is 0. The van der Waals surface area contributed by atoms with E-state index in [1.807, 2.05) is 25.1 Å². The van der Waals surface area contributed by atoms with Gasteiger partial charge in [0.15, 0.2) is 0 Å². The van der Waals surface area contributed by atoms with E-state index >= 15 is 0 Å². The zero-order valence-corrected chi connectivity index (χ0v) is 10.2. The maximum atomic E-state index is 5.95. The van der Waals surface area contributed by atoms with Crippen molar-refractivity contribution in [3.63, 3.8) is 0 Å². The van der Waals surface area contributed by atoms with E-state index in [1.165, 1.54) is 0 Å². The Balaban J connectivity index is 2.61. The van der Waals surface area contributed by atoms with Crippen molar-refractivity contribution in [2.45, 2.75) is 19.5 Å². The van der Waals surface area contributed by atoms with Gasteiger partial charge in [-0.3, -0.25) is 5.32 Å². The molecule has 1 atom stereocenters. The topological polar surface area (TPSA) is 12.0 Å². The third-order valence-electron chi connectivity index (χ3n) is 1.85. The average molecular weight is 273 g/mol. The van der Waals surface area contributed by atoms with Gasteiger partial charge in [0, 0.05) is 11.0 Å². The van der Waals surface area contributed by atoms with Crippen LogP contribution in [0.4, 0.5) is 0 Å². The van der Waals surface area contributed by atoms with E-state index in [4.69, 9.17) is 18.0 Å². The predicted molar refractivity (Wildman–Crippen MR) is 64.3 cm³/mol. The van der Waals surface area contributed by atoms with Crippen LogP contribution in [0.25, 0.3) is 0 Å². The molecule has 1 unspecified atom stereocenters. The first-order chi connectivity index (χ1) is 6.63. The minimum atomic E-state index is 0.0809. The van der Waals surface area contributed by atoms with Crippen LogP contribution >= 0.6 is 27.5 Å². The molecule has 1 aromatic rings. The van der Waals surface area contributed by atoms with Gasteiger partial charge in [-0.25, -0.2) is 0 Å². The molecule has 74 valence electrons. The van der Waals surface area contributed by atoms with Crippen LogP contribution in [-0.4, -0.2) is 6.04 Å². The highest BCUT2D eigenvalue weighted by molar-refractivity contribution is 9.10. The molecule has 1 nitrogen and oxygen atoms in total. The van der Waals surface area contributed by atoms with Crippen molar-refractivity contribution in [2.75, 3.05) is 0 Å². The minimum absolute atomic E-state index is 0.0809. The van der Waals surface area contributed by atoms with Crippen molar-refractivity contribution in [1.29, 1.82) is 0 Å². The van der Waals surface area contributed by atoms with Crippen molar-refractivity contribution in [2.24, 2.45) is 0 Å². The molecule has 0 aliphatic carbocycles. The first-order valence-corrected chi connectivity index (χ1v) is 5.44. The van der Waals surface area contributed by atoms with E-state index in [1.54, 1.807) is 0 Å². The molecule has 0 fully saturated rings. The first-order valence-electron chi connectivity index (χ1n) is 4.27. The Hall–Kier alpha value is -0.490. The quantitative estimate of drug-likeness (QED) is 0.833. The third kappa shape index (κ3) is 3.34. The number of benzene rings is 1. The van der Waals surface area contributed by atoms with Gasteiger partial charge in [-0.1, -0.05) is 23.6 Å². The Kier molecular flexibility index (Phi) is 4.47. The van der Waals surface area contributed by atoms with Gasteiger partial charge in [0.1, 0.15) is 0 Å². The molecule has 0 bridgehead atoms. The maximum absolute atomic E-state index is 5.95. The van der Waals surface area contributed by atoms with Crippen LogP contribution in [0.2, 0.25) is 5.02 Å². The first kappa shape index (κ1) is 11.6. The van der Waals surface area contributed by atoms with Gasteiger partial charge < -0.3 is 0 Å². The Bertz CT molecular complexity index is 357. The molecule has 0 heterocycles. The van der Waals surface area contributed by atoms with Gasteiger partial charge in [0.05, 0.1) is 11.1 Å². The van der Waals surface area contributed by atoms with Crippen LogP contribution in [0.1, 0.15) is 12.5 Å². The lowest BCUT2D eigenvalue weighted by molar-refractivity contribution is 0.648. The SMILES string of the molecule is C#CC(C)NCc1ccc(Br)c(Cl)c1. The molecule has 1 aromatic carbocycles. The minimum Gasteiger partial charge on any atom is -0.300 e. The molecule has 0 aliphatic heterocycles. The summed E-state index contributed by atoms with van der Waals surface area (Å²) in [7, 11) is 0. The normalized spacial score (nSPS) is 12.1. The molecule has 1 N–H and O–H groups in total. The van der Waals surface area contributed by atoms with Gasteiger partial charge in [-0.2, -0.15) is 0 Å². The summed E-state index contributed by atoms with van der Waals surface area (Å²) in [5.74, 6) is 2.61. The van der Waals surface area contributed by atoms with E-state index in [2.05, 4.69) is 27.2 Å². The van der Waals surface area contributed by atoms with Gasteiger partial charge in [-0.15, -0.1) is 6.42 Å². The average Bonchev–Trinajstić information content (AvgIpc) is 2.19. The molecule has 0 aliphatic rings. The third-order valence-corrected chi connectivity index (χ3v) is 3.08. The standard InChI is InChI=1S/C11H11BrClN/c1-3-8(2)14-7-9-4-5-10(12)11(13)6-9/h1,4-6,8,14H,7H2,2H3. The fourth-order valence-corrected chi connectivity index (χ4v) is 1.43. The lowest BCUT2D eigenvalue weighted by atomic mass is 10.2. The van der Waals surface area contributed by atoms with Crippen molar-refractivity contribution in [3.8, 4) is 12.3 Å². The number of hydrogen-bond acceptors (Lipinski definition) is 1. The predicted octanol–water partition coefficient (Wildman–Crippen LogP) is 3.21. The fraction of sp³-hybridized carbons (Fsp3) is 0.273. The zero-order chi connectivity index (χ0) is 10.6. The summed E-state index contributed by atoms with van der Waals surface area (Å²) in [6.45, 7) is 2.68. The van der Waals surface area contributed by atoms with Crippen LogP contribution in [0.15, 0.2) is 22.7 Å². The molecule has 0 radical (unpaired) electrons. The zero-order valence-electron chi connectivity index (χ0n) is 7.85. The molecule has 1 rings (SSSR count). The lowest BCUT2D eigenvalue weighted by Crippen LogP contribution is -2.23. The van der Waals surface area contributed by atoms with Crippen molar-refractivity contribution in [1.82, 2.24) is 5.32 Å². The van der Waals surface area contributed by atoms with E-state index in [0.29, 0.717) is 0 Å². The molecular weight excluding hydrogens is 261 g/mol. The number of halogens is 2. The van der Waals surface area contributed by atoms with E-state index < -0.39 is 0 Å². The number of hydrogen-bond donors (Lipinski definition) is 1. The Morgan fingerprint density at radius 3 is 2.93 bits per heavy atom. The summed E-state index contributed by atoms with van der Waals surface area (Å²) < 4.78 is 0.910. The summed E-state index contributed by atoms with van der Waals surface area (Å²) >= 11 is 9.29. The van der Waals surface area contributed by atoms with Crippen molar-refractivity contribution in [3.05, 3.63) is 33.3 Å². The second-order valence-corrected chi connectivity index (χ2v) is 4.28. The fourth-order valence-electron chi connectivity index (χ4n) is 0.979. The molecule has 14 heavy (non-hydrogen) atoms. The highest BCUT2D eigenvalue weighted by Gasteiger charge is 2.00. The highest BCUT2D eigenvalue weighted by Crippen LogP contribution is 2.23. The van der Waals surface area contributed by atoms with Crippen molar-refractivity contribution < 1.29 is 0 Å². The van der Waals surface area contributed by atoms with Crippen LogP contribution < -0.4 is 5.32 Å². The Morgan fingerprint density at radius 2 is 2.36 bits per heavy atom. The number of nitrogens with one attached hydrogen (secondary N) is 1. The Labute approximate surface area is 98.0 Å². The largest absolute Gasteiger partial charge is 0.300 e. The number of rotatable bonds is 3. The summed E-state index contributed by atoms with van der Waals surface area (Å²) in [5.41, 5.74) is 1.13. The molecule has 0 spiro atoms. The van der Waals surface area contributed by atoms with E-state index in [0.717, 1.165) is 21.6 Å². The van der Waals surface area contributed by atoms with Gasteiger partial charge >= 0.3 is 0 Å². The smallest absolute Gasteiger partial charge is 0.0660 e. The number of terminal acetylenes is 1. The van der Waals surface area contributed by atoms with Crippen molar-refractivity contribution >= 4 is 27.5 Å². The van der Waals surface area contributed by atoms with Crippen LogP contribution in [0.5, 0.6) is 0 Å². The molecule has 0 saturated heterocycles. The van der Waals surface area contributed by atoms with Crippen LogP contribution in [-0.2, 0) is 6.54 Å². The van der Waals surface area contributed by atoms with Crippen LogP contribution in [0, 0.1) is 12.3 Å². The van der Waals surface area contributed by atoms with Gasteiger partial charge in [0.25, 0.3) is 0 Å². The lowest BCUT2D eigenvalue weighted by Gasteiger charge is -2.08. The molecule has 3 heteroatoms. The molecule has 0 saturated carbocycles.